The van der Waals surface area contributed by atoms with E-state index in [0.29, 0.717) is 6.54 Å². The molecule has 1 aromatic carbocycles. The first kappa shape index (κ1) is 8.73. The molecule has 0 radical (unpaired) electrons. The maximum absolute atomic E-state index is 5.72. The van der Waals surface area contributed by atoms with Gasteiger partial charge in [0.25, 0.3) is 0 Å². The summed E-state index contributed by atoms with van der Waals surface area (Å²) >= 11 is 1.83. The molecule has 1 aromatic heterocycles. The third kappa shape index (κ3) is 1.36. The number of hydrogen-bond donors (Lipinski definition) is 1. The normalized spacial score (nSPS) is 11.0. The van der Waals surface area contributed by atoms with Gasteiger partial charge in [-0.2, -0.15) is 0 Å². The van der Waals surface area contributed by atoms with Crippen LogP contribution in [0.4, 0.5) is 0 Å². The molecule has 0 unspecified atom stereocenters. The highest BCUT2D eigenvalue weighted by Gasteiger charge is 2.06. The van der Waals surface area contributed by atoms with Crippen molar-refractivity contribution in [3.63, 3.8) is 0 Å². The Morgan fingerprint density at radius 2 is 2.08 bits per heavy atom. The fourth-order valence-electron chi connectivity index (χ4n) is 1.64. The van der Waals surface area contributed by atoms with Crippen LogP contribution < -0.4 is 5.73 Å². The maximum Gasteiger partial charge on any atom is 0.0349 e. The van der Waals surface area contributed by atoms with Crippen LogP contribution in [0.2, 0.25) is 0 Å². The zero-order valence-corrected chi connectivity index (χ0v) is 8.74. The van der Waals surface area contributed by atoms with E-state index in [1.54, 1.807) is 0 Å². The molecule has 0 aliphatic heterocycles. The molecule has 0 saturated heterocycles. The molecule has 0 fully saturated rings. The topological polar surface area (TPSA) is 26.0 Å². The molecule has 13 heavy (non-hydrogen) atoms. The molecule has 1 heterocycles. The second kappa shape index (κ2) is 3.13. The molecule has 0 bridgehead atoms. The standard InChI is InChI=1S/C11H13NS/c1-7-3-4-11-9(5-7)10(6-12)8(2)13-11/h3-5H,6,12H2,1-2H3. The Bertz CT molecular complexity index is 443. The number of fused-ring (bicyclic) bond motifs is 1. The van der Waals surface area contributed by atoms with Gasteiger partial charge >= 0.3 is 0 Å². The van der Waals surface area contributed by atoms with E-state index in [-0.39, 0.29) is 0 Å². The smallest absolute Gasteiger partial charge is 0.0349 e. The molecule has 0 saturated carbocycles. The Morgan fingerprint density at radius 3 is 2.77 bits per heavy atom. The Hall–Kier alpha value is -0.860. The quantitative estimate of drug-likeness (QED) is 0.736. The molecular weight excluding hydrogens is 178 g/mol. The zero-order chi connectivity index (χ0) is 9.42. The highest BCUT2D eigenvalue weighted by molar-refractivity contribution is 7.19. The second-order valence-electron chi connectivity index (χ2n) is 3.34. The Balaban J connectivity index is 2.80. The third-order valence-electron chi connectivity index (χ3n) is 2.35. The Morgan fingerprint density at radius 1 is 1.31 bits per heavy atom. The van der Waals surface area contributed by atoms with Crippen molar-refractivity contribution < 1.29 is 0 Å². The molecule has 2 aromatic rings. The largest absolute Gasteiger partial charge is 0.326 e. The first-order chi connectivity index (χ1) is 6.22. The zero-order valence-electron chi connectivity index (χ0n) is 7.92. The third-order valence-corrected chi connectivity index (χ3v) is 3.48. The SMILES string of the molecule is Cc1ccc2sc(C)c(CN)c2c1. The average molecular weight is 191 g/mol. The fourth-order valence-corrected chi connectivity index (χ4v) is 2.71. The number of thiophene rings is 1. The van der Waals surface area contributed by atoms with E-state index in [9.17, 15) is 0 Å². The van der Waals surface area contributed by atoms with Gasteiger partial charge in [-0.1, -0.05) is 17.7 Å². The summed E-state index contributed by atoms with van der Waals surface area (Å²) in [5, 5.41) is 1.34. The van der Waals surface area contributed by atoms with Gasteiger partial charge in [0, 0.05) is 16.1 Å². The van der Waals surface area contributed by atoms with E-state index in [1.807, 2.05) is 11.3 Å². The van der Waals surface area contributed by atoms with Crippen LogP contribution in [-0.2, 0) is 6.54 Å². The molecule has 2 N–H and O–H groups in total. The Kier molecular flexibility index (Phi) is 2.10. The second-order valence-corrected chi connectivity index (χ2v) is 4.60. The van der Waals surface area contributed by atoms with Crippen molar-refractivity contribution in [3.8, 4) is 0 Å². The average Bonchev–Trinajstić information content (AvgIpc) is 2.40. The summed E-state index contributed by atoms with van der Waals surface area (Å²) in [6.45, 7) is 4.91. The fraction of sp³-hybridized carbons (Fsp3) is 0.273. The van der Waals surface area contributed by atoms with Gasteiger partial charge in [0.15, 0.2) is 0 Å². The molecular formula is C11H13NS. The molecule has 0 spiro atoms. The molecule has 0 aliphatic rings. The highest BCUT2D eigenvalue weighted by Crippen LogP contribution is 2.30. The minimum absolute atomic E-state index is 0.648. The van der Waals surface area contributed by atoms with Crippen molar-refractivity contribution in [2.45, 2.75) is 20.4 Å². The van der Waals surface area contributed by atoms with Crippen LogP contribution in [0.1, 0.15) is 16.0 Å². The number of nitrogens with two attached hydrogens (primary N) is 1. The minimum atomic E-state index is 0.648. The predicted molar refractivity (Wildman–Crippen MR) is 59.2 cm³/mol. The predicted octanol–water partition coefficient (Wildman–Crippen LogP) is 2.98. The minimum Gasteiger partial charge on any atom is -0.326 e. The summed E-state index contributed by atoms with van der Waals surface area (Å²) in [7, 11) is 0. The van der Waals surface area contributed by atoms with Gasteiger partial charge < -0.3 is 5.73 Å². The number of aryl methyl sites for hydroxylation is 2. The summed E-state index contributed by atoms with van der Waals surface area (Å²) in [6, 6.07) is 6.56. The highest BCUT2D eigenvalue weighted by atomic mass is 32.1. The van der Waals surface area contributed by atoms with E-state index >= 15 is 0 Å². The van der Waals surface area contributed by atoms with Gasteiger partial charge in [-0.05, 0) is 30.9 Å². The van der Waals surface area contributed by atoms with Gasteiger partial charge in [-0.15, -0.1) is 11.3 Å². The molecule has 0 amide bonds. The van der Waals surface area contributed by atoms with E-state index in [0.717, 1.165) is 0 Å². The van der Waals surface area contributed by atoms with Crippen molar-refractivity contribution in [3.05, 3.63) is 34.2 Å². The van der Waals surface area contributed by atoms with Gasteiger partial charge in [-0.25, -0.2) is 0 Å². The molecule has 68 valence electrons. The maximum atomic E-state index is 5.72. The van der Waals surface area contributed by atoms with Crippen molar-refractivity contribution in [1.29, 1.82) is 0 Å². The summed E-state index contributed by atoms with van der Waals surface area (Å²) in [5.74, 6) is 0. The van der Waals surface area contributed by atoms with Gasteiger partial charge in [0.05, 0.1) is 0 Å². The van der Waals surface area contributed by atoms with Crippen LogP contribution in [0.5, 0.6) is 0 Å². The lowest BCUT2D eigenvalue weighted by Crippen LogP contribution is -1.96. The van der Waals surface area contributed by atoms with Crippen LogP contribution >= 0.6 is 11.3 Å². The van der Waals surface area contributed by atoms with Crippen LogP contribution in [0.25, 0.3) is 10.1 Å². The van der Waals surface area contributed by atoms with Crippen molar-refractivity contribution in [2.75, 3.05) is 0 Å². The summed E-state index contributed by atoms with van der Waals surface area (Å²) in [4.78, 5) is 1.35. The van der Waals surface area contributed by atoms with Crippen LogP contribution in [0.15, 0.2) is 18.2 Å². The first-order valence-electron chi connectivity index (χ1n) is 4.41. The van der Waals surface area contributed by atoms with E-state index in [1.165, 1.54) is 26.1 Å². The summed E-state index contributed by atoms with van der Waals surface area (Å²) in [6.07, 6.45) is 0. The lowest BCUT2D eigenvalue weighted by atomic mass is 10.1. The van der Waals surface area contributed by atoms with Gasteiger partial charge in [0.2, 0.25) is 0 Å². The van der Waals surface area contributed by atoms with Gasteiger partial charge in [-0.3, -0.25) is 0 Å². The number of rotatable bonds is 1. The van der Waals surface area contributed by atoms with Crippen molar-refractivity contribution in [1.82, 2.24) is 0 Å². The molecule has 2 heteroatoms. The van der Waals surface area contributed by atoms with E-state index < -0.39 is 0 Å². The molecule has 1 nitrogen and oxygen atoms in total. The molecule has 2 rings (SSSR count). The summed E-state index contributed by atoms with van der Waals surface area (Å²) < 4.78 is 1.35. The lowest BCUT2D eigenvalue weighted by Gasteiger charge is -1.96. The van der Waals surface area contributed by atoms with Crippen LogP contribution in [0.3, 0.4) is 0 Å². The molecule has 0 aliphatic carbocycles. The Labute approximate surface area is 82.2 Å². The lowest BCUT2D eigenvalue weighted by molar-refractivity contribution is 1.08. The van der Waals surface area contributed by atoms with Crippen LogP contribution in [-0.4, -0.2) is 0 Å². The summed E-state index contributed by atoms with van der Waals surface area (Å²) in [5.41, 5.74) is 8.33. The monoisotopic (exact) mass is 191 g/mol. The first-order valence-corrected chi connectivity index (χ1v) is 5.22. The van der Waals surface area contributed by atoms with Gasteiger partial charge in [0.1, 0.15) is 0 Å². The van der Waals surface area contributed by atoms with Crippen LogP contribution in [0, 0.1) is 13.8 Å². The molecule has 0 atom stereocenters. The number of benzene rings is 1. The number of hydrogen-bond acceptors (Lipinski definition) is 2. The van der Waals surface area contributed by atoms with Crippen molar-refractivity contribution in [2.24, 2.45) is 5.73 Å². The van der Waals surface area contributed by atoms with E-state index in [4.69, 9.17) is 5.73 Å². The van der Waals surface area contributed by atoms with Crippen molar-refractivity contribution >= 4 is 21.4 Å². The van der Waals surface area contributed by atoms with E-state index in [2.05, 4.69) is 32.0 Å².